The van der Waals surface area contributed by atoms with Gasteiger partial charge in [-0.25, -0.2) is 0 Å². The highest BCUT2D eigenvalue weighted by Gasteiger charge is 2.13. The largest absolute Gasteiger partial charge is 0.300 e. The molecule has 1 rings (SSSR count). The normalized spacial score (nSPS) is 23.9. The lowest BCUT2D eigenvalue weighted by atomic mass is 10.0. The molecule has 0 fully saturated rings. The molecule has 1 aliphatic carbocycles. The first-order valence-electron chi connectivity index (χ1n) is 5.07. The van der Waals surface area contributed by atoms with Crippen LogP contribution in [0.25, 0.3) is 0 Å². The highest BCUT2D eigenvalue weighted by molar-refractivity contribution is 4.97. The minimum absolute atomic E-state index is 0.709. The van der Waals surface area contributed by atoms with Gasteiger partial charge in [-0.05, 0) is 32.2 Å². The van der Waals surface area contributed by atoms with Crippen LogP contribution in [0.2, 0.25) is 0 Å². The zero-order chi connectivity index (χ0) is 8.97. The summed E-state index contributed by atoms with van der Waals surface area (Å²) in [6.45, 7) is 5.78. The van der Waals surface area contributed by atoms with Gasteiger partial charge in [-0.2, -0.15) is 0 Å². The lowest BCUT2D eigenvalue weighted by Crippen LogP contribution is -2.33. The van der Waals surface area contributed by atoms with E-state index in [0.29, 0.717) is 6.04 Å². The minimum Gasteiger partial charge on any atom is -0.300 e. The van der Waals surface area contributed by atoms with E-state index in [1.807, 2.05) is 0 Å². The van der Waals surface area contributed by atoms with Gasteiger partial charge in [-0.15, -0.1) is 0 Å². The summed E-state index contributed by atoms with van der Waals surface area (Å²) in [7, 11) is 2.24. The second-order valence-corrected chi connectivity index (χ2v) is 4.26. The molecule has 1 heteroatoms. The molecule has 1 unspecified atom stereocenters. The van der Waals surface area contributed by atoms with Crippen LogP contribution in [-0.4, -0.2) is 24.5 Å². The third-order valence-electron chi connectivity index (χ3n) is 2.45. The fourth-order valence-electron chi connectivity index (χ4n) is 1.87. The Morgan fingerprint density at radius 2 is 2.25 bits per heavy atom. The maximum atomic E-state index is 2.47. The lowest BCUT2D eigenvalue weighted by Gasteiger charge is -2.28. The van der Waals surface area contributed by atoms with E-state index in [1.165, 1.54) is 25.8 Å². The SMILES string of the molecule is CC(C)CN(C)C1C=CCCC1. The summed E-state index contributed by atoms with van der Waals surface area (Å²) in [5, 5.41) is 0. The van der Waals surface area contributed by atoms with Gasteiger partial charge in [0.15, 0.2) is 0 Å². The Morgan fingerprint density at radius 1 is 1.50 bits per heavy atom. The highest BCUT2D eigenvalue weighted by atomic mass is 15.1. The molecule has 0 radical (unpaired) electrons. The van der Waals surface area contributed by atoms with Crippen molar-refractivity contribution in [3.63, 3.8) is 0 Å². The van der Waals surface area contributed by atoms with Crippen LogP contribution in [-0.2, 0) is 0 Å². The van der Waals surface area contributed by atoms with Crippen molar-refractivity contribution in [2.75, 3.05) is 13.6 Å². The third kappa shape index (κ3) is 2.98. The maximum Gasteiger partial charge on any atom is 0.0275 e. The average molecular weight is 167 g/mol. The van der Waals surface area contributed by atoms with Crippen molar-refractivity contribution in [1.82, 2.24) is 4.90 Å². The number of likely N-dealkylation sites (N-methyl/N-ethyl adjacent to an activating group) is 1. The summed E-state index contributed by atoms with van der Waals surface area (Å²) in [5.41, 5.74) is 0. The topological polar surface area (TPSA) is 3.24 Å². The van der Waals surface area contributed by atoms with Crippen LogP contribution in [0.3, 0.4) is 0 Å². The first kappa shape index (κ1) is 9.79. The van der Waals surface area contributed by atoms with Crippen molar-refractivity contribution in [3.8, 4) is 0 Å². The quantitative estimate of drug-likeness (QED) is 0.584. The zero-order valence-corrected chi connectivity index (χ0v) is 8.59. The Bertz CT molecular complexity index is 149. The Labute approximate surface area is 76.5 Å². The molecule has 0 aromatic heterocycles. The predicted molar refractivity (Wildman–Crippen MR) is 54.2 cm³/mol. The molecule has 0 N–H and O–H groups in total. The summed E-state index contributed by atoms with van der Waals surface area (Å²) in [6, 6.07) is 0.709. The second kappa shape index (κ2) is 4.66. The number of hydrogen-bond acceptors (Lipinski definition) is 1. The monoisotopic (exact) mass is 167 g/mol. The molecule has 0 heterocycles. The van der Waals surface area contributed by atoms with Gasteiger partial charge in [-0.1, -0.05) is 26.0 Å². The van der Waals surface area contributed by atoms with Gasteiger partial charge in [0.25, 0.3) is 0 Å². The smallest absolute Gasteiger partial charge is 0.0275 e. The van der Waals surface area contributed by atoms with Crippen LogP contribution < -0.4 is 0 Å². The summed E-state index contributed by atoms with van der Waals surface area (Å²) in [5.74, 6) is 0.783. The van der Waals surface area contributed by atoms with E-state index in [9.17, 15) is 0 Å². The van der Waals surface area contributed by atoms with Gasteiger partial charge >= 0.3 is 0 Å². The van der Waals surface area contributed by atoms with Crippen LogP contribution in [0.15, 0.2) is 12.2 Å². The van der Waals surface area contributed by atoms with E-state index in [2.05, 4.69) is 37.9 Å². The van der Waals surface area contributed by atoms with Crippen molar-refractivity contribution in [2.24, 2.45) is 5.92 Å². The Hall–Kier alpha value is -0.300. The van der Waals surface area contributed by atoms with Crippen molar-refractivity contribution in [1.29, 1.82) is 0 Å². The van der Waals surface area contributed by atoms with Gasteiger partial charge < -0.3 is 0 Å². The van der Waals surface area contributed by atoms with Crippen LogP contribution in [0.1, 0.15) is 33.1 Å². The van der Waals surface area contributed by atoms with Crippen molar-refractivity contribution in [3.05, 3.63) is 12.2 Å². The molecule has 1 atom stereocenters. The molecular formula is C11H21N. The number of rotatable bonds is 3. The van der Waals surface area contributed by atoms with E-state index in [0.717, 1.165) is 5.92 Å². The fourth-order valence-corrected chi connectivity index (χ4v) is 1.87. The lowest BCUT2D eigenvalue weighted by molar-refractivity contribution is 0.235. The molecule has 1 aliphatic rings. The molecule has 70 valence electrons. The minimum atomic E-state index is 0.709. The van der Waals surface area contributed by atoms with Gasteiger partial charge in [-0.3, -0.25) is 4.90 Å². The van der Waals surface area contributed by atoms with E-state index in [-0.39, 0.29) is 0 Å². The molecule has 1 nitrogen and oxygen atoms in total. The first-order chi connectivity index (χ1) is 5.70. The first-order valence-corrected chi connectivity index (χ1v) is 5.07. The molecular weight excluding hydrogens is 146 g/mol. The molecule has 0 aromatic carbocycles. The Kier molecular flexibility index (Phi) is 3.80. The maximum absolute atomic E-state index is 2.47. The van der Waals surface area contributed by atoms with Gasteiger partial charge in [0.2, 0.25) is 0 Å². The van der Waals surface area contributed by atoms with E-state index in [4.69, 9.17) is 0 Å². The van der Waals surface area contributed by atoms with Crippen LogP contribution in [0.4, 0.5) is 0 Å². The van der Waals surface area contributed by atoms with E-state index in [1.54, 1.807) is 0 Å². The van der Waals surface area contributed by atoms with Crippen LogP contribution in [0.5, 0.6) is 0 Å². The highest BCUT2D eigenvalue weighted by Crippen LogP contribution is 2.15. The van der Waals surface area contributed by atoms with E-state index >= 15 is 0 Å². The molecule has 0 aliphatic heterocycles. The van der Waals surface area contributed by atoms with E-state index < -0.39 is 0 Å². The predicted octanol–water partition coefficient (Wildman–Crippen LogP) is 2.68. The Morgan fingerprint density at radius 3 is 2.75 bits per heavy atom. The standard InChI is InChI=1S/C11H21N/c1-10(2)9-12(3)11-7-5-4-6-8-11/h5,7,10-11H,4,6,8-9H2,1-3H3. The summed E-state index contributed by atoms with van der Waals surface area (Å²) in [4.78, 5) is 2.47. The molecule has 0 amide bonds. The van der Waals surface area contributed by atoms with Crippen molar-refractivity contribution in [2.45, 2.75) is 39.2 Å². The molecule has 12 heavy (non-hydrogen) atoms. The molecule has 0 bridgehead atoms. The summed E-state index contributed by atoms with van der Waals surface area (Å²) < 4.78 is 0. The van der Waals surface area contributed by atoms with Crippen LogP contribution in [0, 0.1) is 5.92 Å². The zero-order valence-electron chi connectivity index (χ0n) is 8.59. The van der Waals surface area contributed by atoms with Crippen molar-refractivity contribution >= 4 is 0 Å². The molecule has 0 saturated carbocycles. The molecule has 0 spiro atoms. The fraction of sp³-hybridized carbons (Fsp3) is 0.818. The number of allylic oxidation sites excluding steroid dienone is 1. The van der Waals surface area contributed by atoms with Crippen LogP contribution >= 0.6 is 0 Å². The number of hydrogen-bond donors (Lipinski definition) is 0. The summed E-state index contributed by atoms with van der Waals surface area (Å²) >= 11 is 0. The second-order valence-electron chi connectivity index (χ2n) is 4.26. The van der Waals surface area contributed by atoms with Gasteiger partial charge in [0.1, 0.15) is 0 Å². The molecule has 0 saturated heterocycles. The van der Waals surface area contributed by atoms with Crippen molar-refractivity contribution < 1.29 is 0 Å². The Balaban J connectivity index is 2.34. The van der Waals surface area contributed by atoms with Gasteiger partial charge in [0.05, 0.1) is 0 Å². The molecule has 0 aromatic rings. The third-order valence-corrected chi connectivity index (χ3v) is 2.45. The average Bonchev–Trinajstić information content (AvgIpc) is 2.05. The summed E-state index contributed by atoms with van der Waals surface area (Å²) in [6.07, 6.45) is 8.69. The van der Waals surface area contributed by atoms with Gasteiger partial charge in [0, 0.05) is 12.6 Å². The number of nitrogens with zero attached hydrogens (tertiary/aromatic N) is 1.